The molecule has 2 aromatic carbocycles. The zero-order valence-corrected chi connectivity index (χ0v) is 22.5. The third-order valence-electron chi connectivity index (χ3n) is 6.76. The molecule has 0 bridgehead atoms. The number of hydrogen-bond acceptors (Lipinski definition) is 7. The topological polar surface area (TPSA) is 120 Å². The average molecular weight is 547 g/mol. The number of Topliss-reactive ketones (excluding diaryl/α,β-unsaturated/α-hetero) is 1. The van der Waals surface area contributed by atoms with Crippen LogP contribution in [0.2, 0.25) is 0 Å². The summed E-state index contributed by atoms with van der Waals surface area (Å²) >= 11 is 1.24. The van der Waals surface area contributed by atoms with Crippen LogP contribution in [0.25, 0.3) is 15.9 Å². The lowest BCUT2D eigenvalue weighted by Gasteiger charge is -2.25. The highest BCUT2D eigenvalue weighted by Gasteiger charge is 2.28. The SMILES string of the molecule is COc1ccccc1NC(=O)Cn1c(=O)n(-c2cccc(C(C)=O)c2)c(=O)c2c3c(sc21)CN(C(C)=O)CC3. The number of amides is 2. The highest BCUT2D eigenvalue weighted by molar-refractivity contribution is 7.18. The van der Waals surface area contributed by atoms with Gasteiger partial charge in [-0.2, -0.15) is 0 Å². The summed E-state index contributed by atoms with van der Waals surface area (Å²) < 4.78 is 7.60. The molecule has 2 amide bonds. The molecule has 0 atom stereocenters. The Hall–Kier alpha value is -4.51. The van der Waals surface area contributed by atoms with Crippen LogP contribution in [0.1, 0.15) is 34.6 Å². The fraction of sp³-hybridized carbons (Fsp3) is 0.250. The van der Waals surface area contributed by atoms with Crippen molar-refractivity contribution in [3.63, 3.8) is 0 Å². The van der Waals surface area contributed by atoms with E-state index < -0.39 is 17.2 Å². The highest BCUT2D eigenvalue weighted by Crippen LogP contribution is 2.33. The van der Waals surface area contributed by atoms with Crippen LogP contribution >= 0.6 is 11.3 Å². The van der Waals surface area contributed by atoms with Gasteiger partial charge in [-0.3, -0.25) is 23.7 Å². The molecule has 0 saturated heterocycles. The second-order valence-corrected chi connectivity index (χ2v) is 10.3. The van der Waals surface area contributed by atoms with Gasteiger partial charge < -0.3 is 15.0 Å². The Morgan fingerprint density at radius 3 is 2.54 bits per heavy atom. The summed E-state index contributed by atoms with van der Waals surface area (Å²) in [6, 6.07) is 13.2. The quantitative estimate of drug-likeness (QED) is 0.372. The molecule has 10 nitrogen and oxygen atoms in total. The van der Waals surface area contributed by atoms with Gasteiger partial charge in [0.05, 0.1) is 30.4 Å². The van der Waals surface area contributed by atoms with E-state index in [2.05, 4.69) is 5.32 Å². The van der Waals surface area contributed by atoms with E-state index in [-0.39, 0.29) is 23.9 Å². The van der Waals surface area contributed by atoms with Crippen molar-refractivity contribution in [2.75, 3.05) is 19.0 Å². The van der Waals surface area contributed by atoms with Crippen LogP contribution in [-0.4, -0.2) is 45.3 Å². The van der Waals surface area contributed by atoms with Crippen molar-refractivity contribution in [2.45, 2.75) is 33.4 Å². The van der Waals surface area contributed by atoms with Gasteiger partial charge in [0, 0.05) is 23.9 Å². The number of rotatable bonds is 6. The summed E-state index contributed by atoms with van der Waals surface area (Å²) in [5.74, 6) is -0.308. The van der Waals surface area contributed by atoms with Gasteiger partial charge in [-0.15, -0.1) is 11.3 Å². The van der Waals surface area contributed by atoms with Gasteiger partial charge >= 0.3 is 5.69 Å². The van der Waals surface area contributed by atoms with Crippen LogP contribution in [0.5, 0.6) is 5.75 Å². The molecule has 11 heteroatoms. The van der Waals surface area contributed by atoms with E-state index in [1.807, 2.05) is 0 Å². The normalized spacial score (nSPS) is 12.7. The van der Waals surface area contributed by atoms with Gasteiger partial charge in [-0.25, -0.2) is 9.36 Å². The second-order valence-electron chi connectivity index (χ2n) is 9.24. The summed E-state index contributed by atoms with van der Waals surface area (Å²) in [6.45, 7) is 3.30. The Balaban J connectivity index is 1.69. The number of ether oxygens (including phenoxy) is 1. The van der Waals surface area contributed by atoms with Gasteiger partial charge in [0.15, 0.2) is 5.78 Å². The zero-order chi connectivity index (χ0) is 27.8. The number of carbonyl (C=O) groups excluding carboxylic acids is 3. The van der Waals surface area contributed by atoms with Gasteiger partial charge in [0.2, 0.25) is 11.8 Å². The third kappa shape index (κ3) is 4.76. The number of carbonyl (C=O) groups is 3. The van der Waals surface area contributed by atoms with Crippen molar-refractivity contribution in [3.05, 3.63) is 85.4 Å². The van der Waals surface area contributed by atoms with Gasteiger partial charge in [0.1, 0.15) is 17.1 Å². The average Bonchev–Trinajstić information content (AvgIpc) is 3.30. The Labute approximate surface area is 227 Å². The molecule has 0 fully saturated rings. The van der Waals surface area contributed by atoms with Crippen molar-refractivity contribution in [3.8, 4) is 11.4 Å². The van der Waals surface area contributed by atoms with E-state index in [0.717, 1.165) is 15.0 Å². The van der Waals surface area contributed by atoms with E-state index in [0.29, 0.717) is 46.7 Å². The molecule has 2 aromatic heterocycles. The number of methoxy groups -OCH3 is 1. The lowest BCUT2D eigenvalue weighted by molar-refractivity contribution is -0.129. The van der Waals surface area contributed by atoms with Crippen molar-refractivity contribution in [1.82, 2.24) is 14.0 Å². The van der Waals surface area contributed by atoms with Crippen LogP contribution in [-0.2, 0) is 29.1 Å². The lowest BCUT2D eigenvalue weighted by Crippen LogP contribution is -2.41. The predicted octanol–water partition coefficient (Wildman–Crippen LogP) is 2.97. The molecule has 0 unspecified atom stereocenters. The summed E-state index contributed by atoms with van der Waals surface area (Å²) in [5.41, 5.74) is 0.576. The van der Waals surface area contributed by atoms with E-state index in [9.17, 15) is 24.0 Å². The first-order valence-corrected chi connectivity index (χ1v) is 13.1. The number of aromatic nitrogens is 2. The smallest absolute Gasteiger partial charge is 0.337 e. The maximum atomic E-state index is 13.9. The number of para-hydroxylation sites is 2. The van der Waals surface area contributed by atoms with Crippen LogP contribution in [0.3, 0.4) is 0 Å². The molecular weight excluding hydrogens is 520 g/mol. The van der Waals surface area contributed by atoms with Crippen molar-refractivity contribution in [2.24, 2.45) is 0 Å². The first kappa shape index (κ1) is 26.1. The third-order valence-corrected chi connectivity index (χ3v) is 8.00. The molecule has 1 aliphatic heterocycles. The number of fused-ring (bicyclic) bond motifs is 3. The number of nitrogens with zero attached hydrogens (tertiary/aromatic N) is 3. The number of hydrogen-bond donors (Lipinski definition) is 1. The molecule has 4 aromatic rings. The maximum Gasteiger partial charge on any atom is 0.337 e. The van der Waals surface area contributed by atoms with E-state index in [4.69, 9.17) is 4.74 Å². The fourth-order valence-electron chi connectivity index (χ4n) is 4.79. The van der Waals surface area contributed by atoms with Crippen LogP contribution in [0, 0.1) is 0 Å². The standard InChI is InChI=1S/C28H26N4O6S/c1-16(33)18-7-6-8-19(13-18)32-26(36)25-20-11-12-30(17(2)34)14-23(20)39-27(25)31(28(32)37)15-24(35)29-21-9-4-5-10-22(21)38-3/h4-10,13H,11-12,14-15H2,1-3H3,(H,29,35). The molecule has 0 spiro atoms. The molecule has 0 radical (unpaired) electrons. The van der Waals surface area contributed by atoms with Crippen molar-refractivity contribution >= 4 is 44.8 Å². The molecule has 39 heavy (non-hydrogen) atoms. The molecule has 5 rings (SSSR count). The minimum absolute atomic E-state index is 0.0786. The first-order chi connectivity index (χ1) is 18.7. The lowest BCUT2D eigenvalue weighted by atomic mass is 10.1. The fourth-order valence-corrected chi connectivity index (χ4v) is 6.13. The van der Waals surface area contributed by atoms with E-state index in [1.165, 1.54) is 42.9 Å². The summed E-state index contributed by atoms with van der Waals surface area (Å²) in [7, 11) is 1.49. The maximum absolute atomic E-state index is 13.9. The largest absolute Gasteiger partial charge is 0.495 e. The second kappa shape index (κ2) is 10.3. The van der Waals surface area contributed by atoms with Gasteiger partial charge in [-0.05, 0) is 43.2 Å². The minimum Gasteiger partial charge on any atom is -0.495 e. The Bertz CT molecular complexity index is 1770. The molecule has 1 N–H and O–H groups in total. The Morgan fingerprint density at radius 1 is 1.05 bits per heavy atom. The van der Waals surface area contributed by atoms with Gasteiger partial charge in [0.25, 0.3) is 5.56 Å². The van der Waals surface area contributed by atoms with Crippen molar-refractivity contribution < 1.29 is 19.1 Å². The molecule has 3 heterocycles. The Morgan fingerprint density at radius 2 is 1.82 bits per heavy atom. The Kier molecular flexibility index (Phi) is 6.92. The molecular formula is C28H26N4O6S. The molecule has 0 saturated carbocycles. The highest BCUT2D eigenvalue weighted by atomic mass is 32.1. The molecule has 0 aliphatic carbocycles. The number of nitrogens with one attached hydrogen (secondary N) is 1. The predicted molar refractivity (Wildman–Crippen MR) is 148 cm³/mol. The van der Waals surface area contributed by atoms with Crippen LogP contribution in [0.15, 0.2) is 58.1 Å². The number of ketones is 1. The first-order valence-electron chi connectivity index (χ1n) is 12.3. The van der Waals surface area contributed by atoms with E-state index >= 15 is 0 Å². The number of benzene rings is 2. The molecule has 200 valence electrons. The van der Waals surface area contributed by atoms with Gasteiger partial charge in [-0.1, -0.05) is 24.3 Å². The summed E-state index contributed by atoms with van der Waals surface area (Å²) in [5, 5.41) is 3.12. The van der Waals surface area contributed by atoms with Crippen LogP contribution in [0.4, 0.5) is 5.69 Å². The number of thiophene rings is 1. The summed E-state index contributed by atoms with van der Waals surface area (Å²) in [6.07, 6.45) is 0.448. The van der Waals surface area contributed by atoms with E-state index in [1.54, 1.807) is 47.4 Å². The zero-order valence-electron chi connectivity index (χ0n) is 21.6. The van der Waals surface area contributed by atoms with Crippen molar-refractivity contribution in [1.29, 1.82) is 0 Å². The summed E-state index contributed by atoms with van der Waals surface area (Å²) in [4.78, 5) is 67.8. The van der Waals surface area contributed by atoms with Crippen LogP contribution < -0.4 is 21.3 Å². The number of anilines is 1. The molecule has 1 aliphatic rings. The minimum atomic E-state index is -0.703. The monoisotopic (exact) mass is 546 g/mol.